The zero-order valence-electron chi connectivity index (χ0n) is 13.0. The Morgan fingerprint density at radius 1 is 1.40 bits per heavy atom. The number of hydrogen-bond acceptors (Lipinski definition) is 5. The molecular formula is C15H26N4O. The highest BCUT2D eigenvalue weighted by molar-refractivity contribution is 5.40. The summed E-state index contributed by atoms with van der Waals surface area (Å²) in [7, 11) is 0. The molecule has 5 heteroatoms. The van der Waals surface area contributed by atoms with E-state index in [1.807, 2.05) is 13.1 Å². The van der Waals surface area contributed by atoms with Crippen molar-refractivity contribution in [2.24, 2.45) is 0 Å². The predicted octanol–water partition coefficient (Wildman–Crippen LogP) is 2.23. The second-order valence-corrected chi connectivity index (χ2v) is 6.27. The quantitative estimate of drug-likeness (QED) is 0.895. The summed E-state index contributed by atoms with van der Waals surface area (Å²) in [6.07, 6.45) is 5.91. The van der Waals surface area contributed by atoms with Crippen LogP contribution in [0, 0.1) is 0 Å². The van der Waals surface area contributed by atoms with E-state index in [0.717, 1.165) is 18.9 Å². The Kier molecular flexibility index (Phi) is 4.81. The maximum Gasteiger partial charge on any atom is 0.234 e. The fourth-order valence-electron chi connectivity index (χ4n) is 2.47. The SMILES string of the molecule is CCOc1cncc(N2CCCC2CNC(C)(C)C)n1. The number of ether oxygens (including phenoxy) is 1. The molecule has 0 spiro atoms. The van der Waals surface area contributed by atoms with Crippen LogP contribution in [0.5, 0.6) is 5.88 Å². The van der Waals surface area contributed by atoms with Gasteiger partial charge in [-0.2, -0.15) is 4.98 Å². The Hall–Kier alpha value is -1.36. The minimum absolute atomic E-state index is 0.146. The van der Waals surface area contributed by atoms with Gasteiger partial charge in [-0.1, -0.05) is 0 Å². The van der Waals surface area contributed by atoms with E-state index >= 15 is 0 Å². The van der Waals surface area contributed by atoms with Crippen molar-refractivity contribution in [3.8, 4) is 5.88 Å². The highest BCUT2D eigenvalue weighted by atomic mass is 16.5. The first-order valence-electron chi connectivity index (χ1n) is 7.46. The van der Waals surface area contributed by atoms with E-state index in [0.29, 0.717) is 18.5 Å². The lowest BCUT2D eigenvalue weighted by atomic mass is 10.1. The number of hydrogen-bond donors (Lipinski definition) is 1. The molecule has 1 saturated heterocycles. The van der Waals surface area contributed by atoms with Crippen molar-refractivity contribution in [3.63, 3.8) is 0 Å². The molecule has 2 heterocycles. The topological polar surface area (TPSA) is 50.3 Å². The standard InChI is InChI=1S/C15H26N4O/c1-5-20-14-11-16-10-13(18-14)19-8-6-7-12(19)9-17-15(2,3)4/h10-12,17H,5-9H2,1-4H3. The molecule has 1 aliphatic heterocycles. The molecule has 1 atom stereocenters. The minimum Gasteiger partial charge on any atom is -0.477 e. The Morgan fingerprint density at radius 3 is 2.90 bits per heavy atom. The molecule has 1 aromatic heterocycles. The molecule has 0 amide bonds. The van der Waals surface area contributed by atoms with Crippen LogP contribution in [0.2, 0.25) is 0 Å². The zero-order valence-corrected chi connectivity index (χ0v) is 13.0. The third kappa shape index (κ3) is 4.07. The van der Waals surface area contributed by atoms with Crippen LogP contribution < -0.4 is 15.0 Å². The van der Waals surface area contributed by atoms with Crippen LogP contribution in [0.3, 0.4) is 0 Å². The highest BCUT2D eigenvalue weighted by Gasteiger charge is 2.27. The lowest BCUT2D eigenvalue weighted by Crippen LogP contribution is -2.45. The van der Waals surface area contributed by atoms with Crippen LogP contribution in [0.1, 0.15) is 40.5 Å². The van der Waals surface area contributed by atoms with E-state index in [4.69, 9.17) is 4.74 Å². The van der Waals surface area contributed by atoms with Gasteiger partial charge in [0.15, 0.2) is 5.82 Å². The van der Waals surface area contributed by atoms with E-state index in [-0.39, 0.29) is 5.54 Å². The molecule has 0 aliphatic carbocycles. The van der Waals surface area contributed by atoms with Crippen LogP contribution in [0.4, 0.5) is 5.82 Å². The van der Waals surface area contributed by atoms with Gasteiger partial charge in [0.25, 0.3) is 0 Å². The molecule has 1 aliphatic rings. The molecule has 1 N–H and O–H groups in total. The summed E-state index contributed by atoms with van der Waals surface area (Å²) in [5.74, 6) is 1.54. The molecule has 0 radical (unpaired) electrons. The largest absolute Gasteiger partial charge is 0.477 e. The van der Waals surface area contributed by atoms with Gasteiger partial charge in [-0.05, 0) is 40.5 Å². The van der Waals surface area contributed by atoms with Crippen molar-refractivity contribution in [1.82, 2.24) is 15.3 Å². The maximum atomic E-state index is 5.44. The van der Waals surface area contributed by atoms with Crippen molar-refractivity contribution in [1.29, 1.82) is 0 Å². The number of anilines is 1. The Labute approximate surface area is 121 Å². The van der Waals surface area contributed by atoms with E-state index in [9.17, 15) is 0 Å². The normalized spacial score (nSPS) is 19.4. The van der Waals surface area contributed by atoms with Crippen LogP contribution in [-0.4, -0.2) is 41.2 Å². The van der Waals surface area contributed by atoms with Crippen LogP contribution in [0.15, 0.2) is 12.4 Å². The van der Waals surface area contributed by atoms with Crippen LogP contribution in [0.25, 0.3) is 0 Å². The predicted molar refractivity (Wildman–Crippen MR) is 81.3 cm³/mol. The van der Waals surface area contributed by atoms with Crippen molar-refractivity contribution in [2.45, 2.75) is 52.1 Å². The van der Waals surface area contributed by atoms with Crippen molar-refractivity contribution in [2.75, 3.05) is 24.6 Å². The van der Waals surface area contributed by atoms with Gasteiger partial charge < -0.3 is 15.0 Å². The minimum atomic E-state index is 0.146. The van der Waals surface area contributed by atoms with Crippen LogP contribution >= 0.6 is 0 Å². The molecule has 1 fully saturated rings. The molecule has 1 unspecified atom stereocenters. The first-order valence-corrected chi connectivity index (χ1v) is 7.46. The van der Waals surface area contributed by atoms with E-state index < -0.39 is 0 Å². The zero-order chi connectivity index (χ0) is 14.6. The summed E-state index contributed by atoms with van der Waals surface area (Å²) in [5.41, 5.74) is 0.146. The van der Waals surface area contributed by atoms with Gasteiger partial charge in [0.1, 0.15) is 0 Å². The number of nitrogens with zero attached hydrogens (tertiary/aromatic N) is 3. The highest BCUT2D eigenvalue weighted by Crippen LogP contribution is 2.24. The molecule has 0 bridgehead atoms. The van der Waals surface area contributed by atoms with Gasteiger partial charge >= 0.3 is 0 Å². The van der Waals surface area contributed by atoms with E-state index in [1.165, 1.54) is 12.8 Å². The van der Waals surface area contributed by atoms with Gasteiger partial charge in [-0.15, -0.1) is 0 Å². The average molecular weight is 278 g/mol. The second kappa shape index (κ2) is 6.39. The molecule has 5 nitrogen and oxygen atoms in total. The third-order valence-electron chi connectivity index (χ3n) is 3.43. The third-order valence-corrected chi connectivity index (χ3v) is 3.43. The van der Waals surface area contributed by atoms with E-state index in [1.54, 1.807) is 6.20 Å². The van der Waals surface area contributed by atoms with Crippen molar-refractivity contribution >= 4 is 5.82 Å². The lowest BCUT2D eigenvalue weighted by Gasteiger charge is -2.29. The molecular weight excluding hydrogens is 252 g/mol. The Balaban J connectivity index is 2.04. The monoisotopic (exact) mass is 278 g/mol. The van der Waals surface area contributed by atoms with Gasteiger partial charge in [-0.3, -0.25) is 4.98 Å². The molecule has 2 rings (SSSR count). The summed E-state index contributed by atoms with van der Waals surface area (Å²) in [6, 6.07) is 0.486. The van der Waals surface area contributed by atoms with Gasteiger partial charge in [0, 0.05) is 24.7 Å². The maximum absolute atomic E-state index is 5.44. The number of rotatable bonds is 5. The summed E-state index contributed by atoms with van der Waals surface area (Å²) < 4.78 is 5.44. The van der Waals surface area contributed by atoms with Crippen molar-refractivity contribution < 1.29 is 4.74 Å². The molecule has 0 aromatic carbocycles. The average Bonchev–Trinajstić information content (AvgIpc) is 2.84. The Bertz CT molecular complexity index is 430. The summed E-state index contributed by atoms with van der Waals surface area (Å²) in [5, 5.41) is 3.58. The first-order chi connectivity index (χ1) is 9.49. The number of nitrogens with one attached hydrogen (secondary N) is 1. The van der Waals surface area contributed by atoms with E-state index in [2.05, 4.69) is 41.0 Å². The molecule has 0 saturated carbocycles. The van der Waals surface area contributed by atoms with Crippen LogP contribution in [-0.2, 0) is 0 Å². The fraction of sp³-hybridized carbons (Fsp3) is 0.733. The molecule has 20 heavy (non-hydrogen) atoms. The summed E-state index contributed by atoms with van der Waals surface area (Å²) in [6.45, 7) is 11.2. The first kappa shape index (κ1) is 15.0. The summed E-state index contributed by atoms with van der Waals surface area (Å²) in [4.78, 5) is 11.1. The second-order valence-electron chi connectivity index (χ2n) is 6.27. The Morgan fingerprint density at radius 2 is 2.20 bits per heavy atom. The van der Waals surface area contributed by atoms with Gasteiger partial charge in [0.05, 0.1) is 19.0 Å². The number of aromatic nitrogens is 2. The smallest absolute Gasteiger partial charge is 0.234 e. The van der Waals surface area contributed by atoms with Gasteiger partial charge in [-0.25, -0.2) is 0 Å². The molecule has 112 valence electrons. The molecule has 1 aromatic rings. The fourth-order valence-corrected chi connectivity index (χ4v) is 2.47. The van der Waals surface area contributed by atoms with Crippen molar-refractivity contribution in [3.05, 3.63) is 12.4 Å². The van der Waals surface area contributed by atoms with Gasteiger partial charge in [0.2, 0.25) is 5.88 Å². The summed E-state index contributed by atoms with van der Waals surface area (Å²) >= 11 is 0. The lowest BCUT2D eigenvalue weighted by molar-refractivity contribution is 0.325.